The minimum atomic E-state index is -0.659. The van der Waals surface area contributed by atoms with Crippen LogP contribution < -0.4 is 16.0 Å². The zero-order valence-electron chi connectivity index (χ0n) is 17.2. The molecular formula is C22H20Cl2FN5O3. The number of anilines is 4. The van der Waals surface area contributed by atoms with Crippen LogP contribution in [-0.4, -0.2) is 40.2 Å². The normalized spacial score (nSPS) is 15.3. The molecule has 33 heavy (non-hydrogen) atoms. The third-order valence-corrected chi connectivity index (χ3v) is 5.58. The molecule has 1 aliphatic heterocycles. The summed E-state index contributed by atoms with van der Waals surface area (Å²) in [5, 5.41) is 18.4. The molecule has 0 saturated carbocycles. The number of benzene rings is 2. The predicted octanol–water partition coefficient (Wildman–Crippen LogP) is 5.21. The van der Waals surface area contributed by atoms with E-state index in [1.54, 1.807) is 6.07 Å². The summed E-state index contributed by atoms with van der Waals surface area (Å²) in [6.07, 6.45) is 3.16. The highest BCUT2D eigenvalue weighted by atomic mass is 35.5. The minimum absolute atomic E-state index is 0.01000. The highest BCUT2D eigenvalue weighted by molar-refractivity contribution is 6.34. The number of phenolic OH excluding ortho intramolecular Hbond substituents is 1. The summed E-state index contributed by atoms with van der Waals surface area (Å²) in [7, 11) is 0. The van der Waals surface area contributed by atoms with Gasteiger partial charge in [0.25, 0.3) is 5.91 Å². The number of aromatic hydroxyl groups is 1. The molecule has 0 spiro atoms. The van der Waals surface area contributed by atoms with Crippen molar-refractivity contribution in [2.24, 2.45) is 0 Å². The second-order valence-corrected chi connectivity index (χ2v) is 8.13. The molecule has 2 aromatic carbocycles. The van der Waals surface area contributed by atoms with E-state index in [4.69, 9.17) is 27.9 Å². The fraction of sp³-hybridized carbons (Fsp3) is 0.227. The van der Waals surface area contributed by atoms with Crippen LogP contribution in [0, 0.1) is 5.82 Å². The largest absolute Gasteiger partial charge is 0.506 e. The third kappa shape index (κ3) is 5.62. The van der Waals surface area contributed by atoms with E-state index >= 15 is 0 Å². The molecule has 172 valence electrons. The fourth-order valence-electron chi connectivity index (χ4n) is 3.27. The predicted molar refractivity (Wildman–Crippen MR) is 125 cm³/mol. The fourth-order valence-corrected chi connectivity index (χ4v) is 3.66. The maximum Gasteiger partial charge on any atom is 0.261 e. The number of hydrogen-bond donors (Lipinski definition) is 4. The Balaban J connectivity index is 1.60. The molecule has 4 N–H and O–H groups in total. The monoisotopic (exact) mass is 491 g/mol. The van der Waals surface area contributed by atoms with Gasteiger partial charge < -0.3 is 25.8 Å². The number of halogens is 3. The van der Waals surface area contributed by atoms with Crippen LogP contribution in [0.1, 0.15) is 23.2 Å². The summed E-state index contributed by atoms with van der Waals surface area (Å²) < 4.78 is 19.8. The van der Waals surface area contributed by atoms with Gasteiger partial charge in [-0.05, 0) is 43.2 Å². The summed E-state index contributed by atoms with van der Waals surface area (Å²) in [5.74, 6) is -0.921. The van der Waals surface area contributed by atoms with Crippen LogP contribution in [0.3, 0.4) is 0 Å². The number of nitrogens with one attached hydrogen (secondary N) is 3. The second kappa shape index (κ2) is 10.2. The van der Waals surface area contributed by atoms with E-state index in [1.165, 1.54) is 36.5 Å². The molecule has 1 atom stereocenters. The van der Waals surface area contributed by atoms with Gasteiger partial charge in [-0.2, -0.15) is 4.98 Å². The number of phenols is 1. The van der Waals surface area contributed by atoms with Gasteiger partial charge in [-0.1, -0.05) is 29.3 Å². The van der Waals surface area contributed by atoms with E-state index in [2.05, 4.69) is 25.9 Å². The van der Waals surface area contributed by atoms with Crippen molar-refractivity contribution < 1.29 is 19.0 Å². The highest BCUT2D eigenvalue weighted by Crippen LogP contribution is 2.29. The molecule has 1 fully saturated rings. The van der Waals surface area contributed by atoms with Crippen LogP contribution in [0.15, 0.2) is 42.6 Å². The maximum atomic E-state index is 14.1. The molecule has 11 heteroatoms. The van der Waals surface area contributed by atoms with E-state index in [0.29, 0.717) is 18.8 Å². The summed E-state index contributed by atoms with van der Waals surface area (Å²) >= 11 is 12.0. The molecule has 3 aromatic rings. The Morgan fingerprint density at radius 3 is 2.82 bits per heavy atom. The highest BCUT2D eigenvalue weighted by Gasteiger charge is 2.21. The first-order chi connectivity index (χ1) is 15.9. The first-order valence-corrected chi connectivity index (χ1v) is 10.9. The van der Waals surface area contributed by atoms with Crippen molar-refractivity contribution in [2.45, 2.75) is 18.9 Å². The molecule has 1 aromatic heterocycles. The number of amides is 1. The van der Waals surface area contributed by atoms with Gasteiger partial charge in [0.2, 0.25) is 5.95 Å². The molecule has 1 unspecified atom stereocenters. The van der Waals surface area contributed by atoms with Crippen molar-refractivity contribution in [3.63, 3.8) is 0 Å². The zero-order valence-corrected chi connectivity index (χ0v) is 18.8. The van der Waals surface area contributed by atoms with Crippen LogP contribution in [0.2, 0.25) is 10.0 Å². The summed E-state index contributed by atoms with van der Waals surface area (Å²) in [4.78, 5) is 21.5. The Morgan fingerprint density at radius 2 is 2.09 bits per heavy atom. The number of carbonyl (C=O) groups is 1. The smallest absolute Gasteiger partial charge is 0.261 e. The van der Waals surface area contributed by atoms with Crippen molar-refractivity contribution in [1.29, 1.82) is 0 Å². The Bertz CT molecular complexity index is 1150. The van der Waals surface area contributed by atoms with Crippen molar-refractivity contribution >= 4 is 52.3 Å². The molecule has 1 amide bonds. The van der Waals surface area contributed by atoms with Crippen LogP contribution in [0.5, 0.6) is 5.75 Å². The lowest BCUT2D eigenvalue weighted by atomic mass is 10.2. The van der Waals surface area contributed by atoms with Crippen LogP contribution >= 0.6 is 23.2 Å². The molecule has 0 aliphatic carbocycles. The average molecular weight is 492 g/mol. The molecule has 8 nitrogen and oxygen atoms in total. The number of carbonyl (C=O) groups excluding carboxylic acids is 1. The lowest BCUT2D eigenvalue weighted by molar-refractivity contribution is 0.102. The number of ether oxygens (including phenoxy) is 1. The van der Waals surface area contributed by atoms with Gasteiger partial charge in [-0.3, -0.25) is 4.79 Å². The number of para-hydroxylation sites is 1. The van der Waals surface area contributed by atoms with E-state index in [1.807, 2.05) is 0 Å². The lowest BCUT2D eigenvalue weighted by Gasteiger charge is -2.16. The molecule has 1 aliphatic rings. The van der Waals surface area contributed by atoms with E-state index in [-0.39, 0.29) is 44.9 Å². The molecule has 4 rings (SSSR count). The number of rotatable bonds is 7. The lowest BCUT2D eigenvalue weighted by Crippen LogP contribution is -2.23. The first kappa shape index (κ1) is 23.0. The van der Waals surface area contributed by atoms with Crippen LogP contribution in [0.4, 0.5) is 27.5 Å². The van der Waals surface area contributed by atoms with Crippen LogP contribution in [0.25, 0.3) is 0 Å². The van der Waals surface area contributed by atoms with Gasteiger partial charge in [0.05, 0.1) is 21.8 Å². The van der Waals surface area contributed by atoms with Gasteiger partial charge in [-0.15, -0.1) is 0 Å². The molecule has 1 saturated heterocycles. The number of aromatic nitrogens is 2. The van der Waals surface area contributed by atoms with Crippen molar-refractivity contribution in [1.82, 2.24) is 9.97 Å². The van der Waals surface area contributed by atoms with Crippen molar-refractivity contribution in [2.75, 3.05) is 29.1 Å². The maximum absolute atomic E-state index is 14.1. The van der Waals surface area contributed by atoms with Gasteiger partial charge >= 0.3 is 0 Å². The SMILES string of the molecule is O=C(Nc1c(F)cccc1Cl)c1cnc(Nc2ccc(O)c(Cl)c2)nc1NCC1CCCO1. The second-order valence-electron chi connectivity index (χ2n) is 7.31. The summed E-state index contributed by atoms with van der Waals surface area (Å²) in [6, 6.07) is 8.67. The van der Waals surface area contributed by atoms with Crippen molar-refractivity contribution in [3.8, 4) is 5.75 Å². The van der Waals surface area contributed by atoms with Crippen molar-refractivity contribution in [3.05, 3.63) is 64.0 Å². The van der Waals surface area contributed by atoms with E-state index in [0.717, 1.165) is 12.8 Å². The standard InChI is InChI=1S/C22H20Cl2FN5O3/c23-15-4-1-5-17(25)19(15)29-21(32)14-11-27-22(28-12-6-7-18(31)16(24)9-12)30-20(14)26-10-13-3-2-8-33-13/h1,4-7,9,11,13,31H,2-3,8,10H2,(H,29,32)(H2,26,27,28,30). The topological polar surface area (TPSA) is 108 Å². The third-order valence-electron chi connectivity index (χ3n) is 4.96. The quantitative estimate of drug-likeness (QED) is 0.335. The Morgan fingerprint density at radius 1 is 1.24 bits per heavy atom. The molecule has 2 heterocycles. The number of hydrogen-bond acceptors (Lipinski definition) is 7. The first-order valence-electron chi connectivity index (χ1n) is 10.1. The van der Waals surface area contributed by atoms with Crippen LogP contribution in [-0.2, 0) is 4.74 Å². The van der Waals surface area contributed by atoms with Gasteiger partial charge in [-0.25, -0.2) is 9.37 Å². The summed E-state index contributed by atoms with van der Waals surface area (Å²) in [6.45, 7) is 1.12. The Hall–Kier alpha value is -3.14. The summed E-state index contributed by atoms with van der Waals surface area (Å²) in [5.41, 5.74) is 0.509. The zero-order chi connectivity index (χ0) is 23.4. The number of nitrogens with zero attached hydrogens (tertiary/aromatic N) is 2. The minimum Gasteiger partial charge on any atom is -0.506 e. The Kier molecular flexibility index (Phi) is 7.12. The Labute approximate surface area is 199 Å². The van der Waals surface area contributed by atoms with E-state index in [9.17, 15) is 14.3 Å². The average Bonchev–Trinajstić information content (AvgIpc) is 3.31. The van der Waals surface area contributed by atoms with Gasteiger partial charge in [0.15, 0.2) is 0 Å². The van der Waals surface area contributed by atoms with Gasteiger partial charge in [0.1, 0.15) is 22.9 Å². The van der Waals surface area contributed by atoms with Gasteiger partial charge in [0, 0.05) is 25.0 Å². The molecule has 0 radical (unpaired) electrons. The van der Waals surface area contributed by atoms with E-state index < -0.39 is 11.7 Å². The molecule has 0 bridgehead atoms. The molecular weight excluding hydrogens is 472 g/mol.